The number of fused-ring (bicyclic) bond motifs is 1. The lowest BCUT2D eigenvalue weighted by molar-refractivity contribution is 0.232. The highest BCUT2D eigenvalue weighted by atomic mass is 19.4. The quantitative estimate of drug-likeness (QED) is 0.663. The van der Waals surface area contributed by atoms with Crippen LogP contribution in [-0.4, -0.2) is 10.2 Å². The zero-order chi connectivity index (χ0) is 8.55. The number of benzene rings is 1. The largest absolute Gasteiger partial charge is 0.276 e. The Morgan fingerprint density at radius 3 is 2.75 bits per heavy atom. The standard InChI is InChI=1S/C7H5F2N3/c8-12(9)7-5-3-1-2-4-6(5)10-11-7/h1-4H,(H,10,11). The maximum Gasteiger partial charge on any atom is 0.222 e. The first kappa shape index (κ1) is 7.02. The molecule has 0 aliphatic rings. The van der Waals surface area contributed by atoms with Gasteiger partial charge in [0.25, 0.3) is 0 Å². The number of anilines is 1. The fourth-order valence-electron chi connectivity index (χ4n) is 1.08. The van der Waals surface area contributed by atoms with E-state index < -0.39 is 5.34 Å². The Bertz CT molecular complexity index is 396. The molecule has 3 nitrogen and oxygen atoms in total. The van der Waals surface area contributed by atoms with E-state index in [0.29, 0.717) is 10.9 Å². The molecular formula is C7H5F2N3. The Hall–Kier alpha value is -1.65. The van der Waals surface area contributed by atoms with Crippen LogP contribution in [0.1, 0.15) is 0 Å². The van der Waals surface area contributed by atoms with Gasteiger partial charge in [0, 0.05) is 5.39 Å². The molecule has 2 aromatic rings. The number of para-hydroxylation sites is 1. The summed E-state index contributed by atoms with van der Waals surface area (Å²) in [4.78, 5) is 0. The number of rotatable bonds is 1. The van der Waals surface area contributed by atoms with Crippen molar-refractivity contribution in [3.05, 3.63) is 24.3 Å². The lowest BCUT2D eigenvalue weighted by atomic mass is 10.2. The number of aromatic nitrogens is 2. The molecule has 1 aromatic carbocycles. The highest BCUT2D eigenvalue weighted by Crippen LogP contribution is 2.23. The molecular weight excluding hydrogens is 164 g/mol. The molecule has 1 aromatic heterocycles. The normalized spacial score (nSPS) is 10.5. The Morgan fingerprint density at radius 1 is 1.25 bits per heavy atom. The summed E-state index contributed by atoms with van der Waals surface area (Å²) in [5, 5.41) is 5.36. The zero-order valence-corrected chi connectivity index (χ0v) is 5.96. The summed E-state index contributed by atoms with van der Waals surface area (Å²) in [6, 6.07) is 6.71. The third kappa shape index (κ3) is 0.903. The third-order valence-corrected chi connectivity index (χ3v) is 1.61. The molecule has 0 fully saturated rings. The highest BCUT2D eigenvalue weighted by Gasteiger charge is 2.11. The molecule has 1 N–H and O–H groups in total. The molecule has 0 saturated carbocycles. The molecule has 0 spiro atoms. The van der Waals surface area contributed by atoms with Gasteiger partial charge in [-0.2, -0.15) is 5.10 Å². The van der Waals surface area contributed by atoms with E-state index in [1.807, 2.05) is 0 Å². The molecule has 0 amide bonds. The Morgan fingerprint density at radius 2 is 2.00 bits per heavy atom. The maximum absolute atomic E-state index is 12.1. The number of aromatic amines is 1. The first-order chi connectivity index (χ1) is 5.79. The molecule has 0 saturated heterocycles. The van der Waals surface area contributed by atoms with Crippen molar-refractivity contribution in [2.45, 2.75) is 0 Å². The first-order valence-electron chi connectivity index (χ1n) is 3.34. The number of hydrogen-bond donors (Lipinski definition) is 1. The van der Waals surface area contributed by atoms with Crippen LogP contribution in [0, 0.1) is 0 Å². The van der Waals surface area contributed by atoms with Crippen molar-refractivity contribution >= 4 is 16.7 Å². The smallest absolute Gasteiger partial charge is 0.222 e. The molecule has 62 valence electrons. The van der Waals surface area contributed by atoms with Crippen molar-refractivity contribution in [2.24, 2.45) is 0 Å². The SMILES string of the molecule is FN(F)c1n[nH]c2ccccc12. The van der Waals surface area contributed by atoms with Crippen LogP contribution in [0.4, 0.5) is 14.8 Å². The van der Waals surface area contributed by atoms with Crippen LogP contribution in [0.15, 0.2) is 24.3 Å². The van der Waals surface area contributed by atoms with Gasteiger partial charge in [0.2, 0.25) is 5.82 Å². The van der Waals surface area contributed by atoms with Crippen LogP contribution in [0.5, 0.6) is 0 Å². The summed E-state index contributed by atoms with van der Waals surface area (Å²) in [7, 11) is 0. The summed E-state index contributed by atoms with van der Waals surface area (Å²) >= 11 is 0. The van der Waals surface area contributed by atoms with E-state index in [-0.39, 0.29) is 5.82 Å². The second-order valence-corrected chi connectivity index (χ2v) is 2.33. The van der Waals surface area contributed by atoms with Gasteiger partial charge in [-0.15, -0.1) is 0 Å². The lowest BCUT2D eigenvalue weighted by Crippen LogP contribution is -1.95. The van der Waals surface area contributed by atoms with E-state index >= 15 is 0 Å². The van der Waals surface area contributed by atoms with Crippen LogP contribution < -0.4 is 5.34 Å². The second-order valence-electron chi connectivity index (χ2n) is 2.33. The van der Waals surface area contributed by atoms with E-state index in [9.17, 15) is 8.96 Å². The molecule has 0 unspecified atom stereocenters. The fourth-order valence-corrected chi connectivity index (χ4v) is 1.08. The van der Waals surface area contributed by atoms with E-state index in [1.165, 1.54) is 0 Å². The molecule has 1 heterocycles. The van der Waals surface area contributed by atoms with Gasteiger partial charge in [-0.3, -0.25) is 5.10 Å². The number of nitrogens with one attached hydrogen (secondary N) is 1. The fraction of sp³-hybridized carbons (Fsp3) is 0. The average molecular weight is 169 g/mol. The molecule has 12 heavy (non-hydrogen) atoms. The van der Waals surface area contributed by atoms with Crippen molar-refractivity contribution < 1.29 is 8.96 Å². The average Bonchev–Trinajstić information content (AvgIpc) is 2.47. The highest BCUT2D eigenvalue weighted by molar-refractivity contribution is 5.89. The zero-order valence-electron chi connectivity index (χ0n) is 5.96. The van der Waals surface area contributed by atoms with Gasteiger partial charge in [0.15, 0.2) is 0 Å². The molecule has 0 aliphatic carbocycles. The van der Waals surface area contributed by atoms with Gasteiger partial charge in [-0.25, -0.2) is 0 Å². The molecule has 0 radical (unpaired) electrons. The van der Waals surface area contributed by atoms with E-state index in [0.717, 1.165) is 0 Å². The number of H-pyrrole nitrogens is 1. The molecule has 0 atom stereocenters. The van der Waals surface area contributed by atoms with Crippen LogP contribution in [0.3, 0.4) is 0 Å². The van der Waals surface area contributed by atoms with Crippen molar-refractivity contribution in [2.75, 3.05) is 5.34 Å². The van der Waals surface area contributed by atoms with Gasteiger partial charge in [-0.05, 0) is 17.5 Å². The second kappa shape index (κ2) is 2.44. The van der Waals surface area contributed by atoms with Gasteiger partial charge >= 0.3 is 0 Å². The van der Waals surface area contributed by atoms with E-state index in [4.69, 9.17) is 0 Å². The number of halogens is 2. The van der Waals surface area contributed by atoms with Crippen molar-refractivity contribution in [3.63, 3.8) is 0 Å². The van der Waals surface area contributed by atoms with Crippen molar-refractivity contribution in [1.82, 2.24) is 10.2 Å². The lowest BCUT2D eigenvalue weighted by Gasteiger charge is -1.95. The van der Waals surface area contributed by atoms with E-state index in [1.54, 1.807) is 24.3 Å². The van der Waals surface area contributed by atoms with Gasteiger partial charge in [0.05, 0.1) is 5.52 Å². The monoisotopic (exact) mass is 169 g/mol. The van der Waals surface area contributed by atoms with Gasteiger partial charge in [0.1, 0.15) is 0 Å². The predicted molar refractivity (Wildman–Crippen MR) is 40.8 cm³/mol. The van der Waals surface area contributed by atoms with Crippen LogP contribution in [0.2, 0.25) is 0 Å². The Labute approximate surface area is 66.5 Å². The summed E-state index contributed by atoms with van der Waals surface area (Å²) < 4.78 is 24.2. The van der Waals surface area contributed by atoms with E-state index in [2.05, 4.69) is 10.2 Å². The summed E-state index contributed by atoms with van der Waals surface area (Å²) in [5.41, 5.74) is 0.604. The van der Waals surface area contributed by atoms with Crippen LogP contribution >= 0.6 is 0 Å². The summed E-state index contributed by atoms with van der Waals surface area (Å²) in [6.45, 7) is 0. The molecule has 0 bridgehead atoms. The molecule has 2 rings (SSSR count). The molecule has 5 heteroatoms. The van der Waals surface area contributed by atoms with Gasteiger partial charge < -0.3 is 0 Å². The molecule has 0 aliphatic heterocycles. The summed E-state index contributed by atoms with van der Waals surface area (Å²) in [6.07, 6.45) is 0. The third-order valence-electron chi connectivity index (χ3n) is 1.61. The van der Waals surface area contributed by atoms with Crippen LogP contribution in [0.25, 0.3) is 10.9 Å². The first-order valence-corrected chi connectivity index (χ1v) is 3.34. The minimum absolute atomic E-state index is 0.342. The van der Waals surface area contributed by atoms with Crippen molar-refractivity contribution in [3.8, 4) is 0 Å². The Kier molecular flexibility index (Phi) is 1.43. The maximum atomic E-state index is 12.1. The minimum atomic E-state index is -1.00. The van der Waals surface area contributed by atoms with Crippen LogP contribution in [-0.2, 0) is 0 Å². The predicted octanol–water partition coefficient (Wildman–Crippen LogP) is 2.14. The number of hydrogen-bond acceptors (Lipinski definition) is 2. The number of nitrogens with zero attached hydrogens (tertiary/aromatic N) is 2. The Balaban J connectivity index is 2.70. The van der Waals surface area contributed by atoms with Crippen molar-refractivity contribution in [1.29, 1.82) is 0 Å². The summed E-state index contributed by atoms with van der Waals surface area (Å²) in [5.74, 6) is -0.342. The van der Waals surface area contributed by atoms with Gasteiger partial charge in [-0.1, -0.05) is 21.1 Å². The minimum Gasteiger partial charge on any atom is -0.276 e. The topological polar surface area (TPSA) is 31.9 Å².